The average molecular weight is 276 g/mol. The lowest BCUT2D eigenvalue weighted by Gasteiger charge is -2.09. The van der Waals surface area contributed by atoms with E-state index in [1.54, 1.807) is 0 Å². The minimum absolute atomic E-state index is 0.00155. The Kier molecular flexibility index (Phi) is 4.17. The van der Waals surface area contributed by atoms with Crippen LogP contribution >= 0.6 is 0 Å². The highest BCUT2D eigenvalue weighted by molar-refractivity contribution is 6.00. The highest BCUT2D eigenvalue weighted by atomic mass is 19.1. The van der Waals surface area contributed by atoms with Crippen molar-refractivity contribution in [3.63, 3.8) is 0 Å². The number of nitrogens with one attached hydrogen (secondary N) is 2. The van der Waals surface area contributed by atoms with Gasteiger partial charge in [-0.25, -0.2) is 4.39 Å². The Hall–Kier alpha value is -2.17. The van der Waals surface area contributed by atoms with E-state index in [1.165, 1.54) is 24.3 Å². The lowest BCUT2D eigenvalue weighted by molar-refractivity contribution is -0.117. The number of hydrogen-bond acceptors (Lipinski definition) is 2. The molecule has 1 aliphatic carbocycles. The maximum atomic E-state index is 13.6. The number of hydrogen-bond donors (Lipinski definition) is 2. The van der Waals surface area contributed by atoms with Crippen LogP contribution in [0.3, 0.4) is 0 Å². The molecule has 1 aromatic carbocycles. The number of carbonyl (C=O) groups is 2. The third kappa shape index (κ3) is 3.91. The smallest absolute Gasteiger partial charge is 0.248 e. The van der Waals surface area contributed by atoms with E-state index in [0.29, 0.717) is 5.69 Å². The molecule has 2 rings (SSSR count). The highest BCUT2D eigenvalue weighted by Crippen LogP contribution is 2.31. The van der Waals surface area contributed by atoms with Crippen LogP contribution in [-0.2, 0) is 9.59 Å². The first kappa shape index (κ1) is 14.2. The summed E-state index contributed by atoms with van der Waals surface area (Å²) in [6.45, 7) is 3.62. The molecule has 20 heavy (non-hydrogen) atoms. The second-order valence-corrected chi connectivity index (χ2v) is 5.17. The summed E-state index contributed by atoms with van der Waals surface area (Å²) >= 11 is 0. The zero-order valence-electron chi connectivity index (χ0n) is 11.5. The number of amides is 2. The first-order valence-corrected chi connectivity index (χ1v) is 6.52. The topological polar surface area (TPSA) is 58.2 Å². The van der Waals surface area contributed by atoms with Crippen molar-refractivity contribution >= 4 is 23.2 Å². The fourth-order valence-electron chi connectivity index (χ4n) is 1.72. The lowest BCUT2D eigenvalue weighted by atomic mass is 10.2. The highest BCUT2D eigenvalue weighted by Gasteiger charge is 2.30. The van der Waals surface area contributed by atoms with Gasteiger partial charge >= 0.3 is 0 Å². The van der Waals surface area contributed by atoms with Crippen molar-refractivity contribution in [3.8, 4) is 0 Å². The predicted molar refractivity (Wildman–Crippen MR) is 75.8 cm³/mol. The summed E-state index contributed by atoms with van der Waals surface area (Å²) < 4.78 is 13.6. The molecule has 0 atom stereocenters. The molecule has 5 heteroatoms. The zero-order valence-corrected chi connectivity index (χ0v) is 11.5. The zero-order chi connectivity index (χ0) is 14.7. The Bertz CT molecular complexity index is 573. The molecular formula is C15H17FN2O2. The first-order valence-electron chi connectivity index (χ1n) is 6.52. The molecule has 2 N–H and O–H groups in total. The van der Waals surface area contributed by atoms with E-state index in [0.717, 1.165) is 18.4 Å². The van der Waals surface area contributed by atoms with Gasteiger partial charge in [0.25, 0.3) is 0 Å². The molecule has 106 valence electrons. The molecule has 0 aliphatic heterocycles. The van der Waals surface area contributed by atoms with Crippen LogP contribution in [0.25, 0.3) is 0 Å². The Morgan fingerprint density at radius 2 is 1.95 bits per heavy atom. The van der Waals surface area contributed by atoms with Crippen molar-refractivity contribution in [1.82, 2.24) is 0 Å². The molecule has 0 radical (unpaired) electrons. The van der Waals surface area contributed by atoms with Gasteiger partial charge in [-0.1, -0.05) is 5.57 Å². The Morgan fingerprint density at radius 3 is 2.55 bits per heavy atom. The van der Waals surface area contributed by atoms with Crippen LogP contribution in [0.15, 0.2) is 29.8 Å². The number of carbonyl (C=O) groups excluding carboxylic acids is 2. The molecule has 0 unspecified atom stereocenters. The van der Waals surface area contributed by atoms with Gasteiger partial charge in [-0.2, -0.15) is 0 Å². The Labute approximate surface area is 117 Å². The number of anilines is 2. The molecule has 0 aromatic heterocycles. The van der Waals surface area contributed by atoms with Crippen LogP contribution in [0, 0.1) is 11.7 Å². The number of rotatable bonds is 4. The number of halogens is 1. The van der Waals surface area contributed by atoms with Crippen molar-refractivity contribution in [2.45, 2.75) is 26.7 Å². The molecule has 2 amide bonds. The third-order valence-electron chi connectivity index (χ3n) is 2.86. The number of benzene rings is 1. The Morgan fingerprint density at radius 1 is 1.25 bits per heavy atom. The largest absolute Gasteiger partial charge is 0.323 e. The SMILES string of the molecule is CC(C)=CC(=O)Nc1ccc(F)c(NC(=O)C2CC2)c1. The van der Waals surface area contributed by atoms with E-state index in [4.69, 9.17) is 0 Å². The van der Waals surface area contributed by atoms with Gasteiger partial charge in [-0.15, -0.1) is 0 Å². The maximum Gasteiger partial charge on any atom is 0.248 e. The quantitative estimate of drug-likeness (QED) is 0.830. The molecule has 4 nitrogen and oxygen atoms in total. The van der Waals surface area contributed by atoms with E-state index in [2.05, 4.69) is 10.6 Å². The van der Waals surface area contributed by atoms with Gasteiger partial charge in [-0.05, 0) is 44.9 Å². The molecule has 1 aromatic rings. The van der Waals surface area contributed by atoms with Crippen molar-refractivity contribution in [2.75, 3.05) is 10.6 Å². The van der Waals surface area contributed by atoms with Crippen LogP contribution in [0.4, 0.5) is 15.8 Å². The van der Waals surface area contributed by atoms with E-state index >= 15 is 0 Å². The van der Waals surface area contributed by atoms with Gasteiger partial charge in [-0.3, -0.25) is 9.59 Å². The lowest BCUT2D eigenvalue weighted by Crippen LogP contribution is -2.15. The summed E-state index contributed by atoms with van der Waals surface area (Å²) in [5, 5.41) is 5.17. The average Bonchev–Trinajstić information content (AvgIpc) is 3.16. The molecule has 0 heterocycles. The van der Waals surface area contributed by atoms with Crippen LogP contribution in [0.5, 0.6) is 0 Å². The molecule has 1 fully saturated rings. The van der Waals surface area contributed by atoms with E-state index in [1.807, 2.05) is 13.8 Å². The van der Waals surface area contributed by atoms with E-state index < -0.39 is 5.82 Å². The maximum absolute atomic E-state index is 13.6. The van der Waals surface area contributed by atoms with Crippen LogP contribution < -0.4 is 10.6 Å². The van der Waals surface area contributed by atoms with Gasteiger partial charge in [0.15, 0.2) is 0 Å². The second kappa shape index (κ2) is 5.86. The minimum Gasteiger partial charge on any atom is -0.323 e. The summed E-state index contributed by atoms with van der Waals surface area (Å²) in [5.41, 5.74) is 1.41. The minimum atomic E-state index is -0.515. The molecule has 0 spiro atoms. The second-order valence-electron chi connectivity index (χ2n) is 5.17. The van der Waals surface area contributed by atoms with Crippen LogP contribution in [0.2, 0.25) is 0 Å². The van der Waals surface area contributed by atoms with Crippen molar-refractivity contribution < 1.29 is 14.0 Å². The number of allylic oxidation sites excluding steroid dienone is 1. The van der Waals surface area contributed by atoms with Crippen molar-refractivity contribution in [2.24, 2.45) is 5.92 Å². The summed E-state index contributed by atoms with van der Waals surface area (Å²) in [6.07, 6.45) is 3.15. The molecule has 1 aliphatic rings. The summed E-state index contributed by atoms with van der Waals surface area (Å²) in [4.78, 5) is 23.2. The van der Waals surface area contributed by atoms with Gasteiger partial charge < -0.3 is 10.6 Å². The van der Waals surface area contributed by atoms with Crippen molar-refractivity contribution in [1.29, 1.82) is 0 Å². The van der Waals surface area contributed by atoms with Gasteiger partial charge in [0.2, 0.25) is 11.8 Å². The standard InChI is InChI=1S/C15H17FN2O2/c1-9(2)7-14(19)17-11-5-6-12(16)13(8-11)18-15(20)10-3-4-10/h5-8,10H,3-4H2,1-2H3,(H,17,19)(H,18,20). The van der Waals surface area contributed by atoms with Crippen LogP contribution in [-0.4, -0.2) is 11.8 Å². The Balaban J connectivity index is 2.09. The summed E-state index contributed by atoms with van der Waals surface area (Å²) in [6, 6.07) is 4.10. The first-order chi connectivity index (χ1) is 9.45. The van der Waals surface area contributed by atoms with Crippen molar-refractivity contribution in [3.05, 3.63) is 35.7 Å². The molecule has 0 saturated heterocycles. The fraction of sp³-hybridized carbons (Fsp3) is 0.333. The molecular weight excluding hydrogens is 259 g/mol. The molecule has 1 saturated carbocycles. The van der Waals surface area contributed by atoms with E-state index in [9.17, 15) is 14.0 Å². The normalized spacial score (nSPS) is 13.6. The fourth-order valence-corrected chi connectivity index (χ4v) is 1.72. The van der Waals surface area contributed by atoms with E-state index in [-0.39, 0.29) is 23.4 Å². The summed E-state index contributed by atoms with van der Waals surface area (Å²) in [5.74, 6) is -0.967. The molecule has 0 bridgehead atoms. The van der Waals surface area contributed by atoms with Gasteiger partial charge in [0, 0.05) is 17.7 Å². The van der Waals surface area contributed by atoms with Crippen LogP contribution in [0.1, 0.15) is 26.7 Å². The monoisotopic (exact) mass is 276 g/mol. The predicted octanol–water partition coefficient (Wildman–Crippen LogP) is 3.08. The summed E-state index contributed by atoms with van der Waals surface area (Å²) in [7, 11) is 0. The van der Waals surface area contributed by atoms with Gasteiger partial charge in [0.05, 0.1) is 5.69 Å². The third-order valence-corrected chi connectivity index (χ3v) is 2.86. The van der Waals surface area contributed by atoms with Gasteiger partial charge in [0.1, 0.15) is 5.82 Å².